The third kappa shape index (κ3) is 4.10. The molecule has 0 unspecified atom stereocenters. The van der Waals surface area contributed by atoms with Gasteiger partial charge in [-0.05, 0) is 49.9 Å². The summed E-state index contributed by atoms with van der Waals surface area (Å²) in [6, 6.07) is 16.0. The Labute approximate surface area is 201 Å². The van der Waals surface area contributed by atoms with Crippen LogP contribution in [0.15, 0.2) is 48.5 Å². The van der Waals surface area contributed by atoms with Crippen molar-refractivity contribution in [3.05, 3.63) is 65.5 Å². The zero-order valence-electron chi connectivity index (χ0n) is 20.2. The van der Waals surface area contributed by atoms with Crippen molar-refractivity contribution in [3.63, 3.8) is 0 Å². The second-order valence-corrected chi connectivity index (χ2v) is 10.1. The number of aromatic nitrogens is 2. The fraction of sp³-hybridized carbons (Fsp3) is 0.464. The molecule has 1 fully saturated rings. The van der Waals surface area contributed by atoms with E-state index in [9.17, 15) is 9.59 Å². The summed E-state index contributed by atoms with van der Waals surface area (Å²) >= 11 is 0. The molecule has 5 rings (SSSR count). The lowest BCUT2D eigenvalue weighted by Gasteiger charge is -2.44. The molecular weight excluding hydrogens is 424 g/mol. The molecule has 2 heterocycles. The lowest BCUT2D eigenvalue weighted by atomic mass is 9.91. The van der Waals surface area contributed by atoms with Gasteiger partial charge in [0.15, 0.2) is 5.82 Å². The average molecular weight is 459 g/mol. The van der Waals surface area contributed by atoms with E-state index in [0.29, 0.717) is 18.9 Å². The highest BCUT2D eigenvalue weighted by Crippen LogP contribution is 2.33. The Morgan fingerprint density at radius 2 is 1.71 bits per heavy atom. The van der Waals surface area contributed by atoms with Gasteiger partial charge in [0.1, 0.15) is 5.54 Å². The van der Waals surface area contributed by atoms with E-state index in [0.717, 1.165) is 47.8 Å². The lowest BCUT2D eigenvalue weighted by molar-refractivity contribution is -0.134. The summed E-state index contributed by atoms with van der Waals surface area (Å²) in [6.45, 7) is 4.73. The summed E-state index contributed by atoms with van der Waals surface area (Å²) in [6.07, 6.45) is 8.04. The maximum Gasteiger partial charge on any atom is 0.291 e. The van der Waals surface area contributed by atoms with Crippen molar-refractivity contribution in [1.82, 2.24) is 19.8 Å². The van der Waals surface area contributed by atoms with Crippen molar-refractivity contribution in [2.75, 3.05) is 0 Å². The quantitative estimate of drug-likeness (QED) is 0.599. The molecule has 2 aliphatic rings. The van der Waals surface area contributed by atoms with Crippen LogP contribution in [0.5, 0.6) is 0 Å². The summed E-state index contributed by atoms with van der Waals surface area (Å²) in [5, 5.41) is 3.35. The molecule has 1 saturated carbocycles. The Hall–Kier alpha value is -3.15. The molecule has 1 aromatic heterocycles. The SMILES string of the molecule is Cc1ccccc1CN1C(=O)c2nc3ccccc3n2C[C@]1(C)C(=O)NC1CCCCCCC1. The van der Waals surface area contributed by atoms with Crippen LogP contribution in [0, 0.1) is 6.92 Å². The van der Waals surface area contributed by atoms with Gasteiger partial charge in [0, 0.05) is 12.6 Å². The van der Waals surface area contributed by atoms with Crippen LogP contribution >= 0.6 is 0 Å². The third-order valence-electron chi connectivity index (χ3n) is 7.67. The molecular formula is C28H34N4O2. The third-order valence-corrected chi connectivity index (χ3v) is 7.67. The number of nitrogens with zero attached hydrogens (tertiary/aromatic N) is 3. The molecule has 6 nitrogen and oxygen atoms in total. The first-order valence-corrected chi connectivity index (χ1v) is 12.6. The number of nitrogens with one attached hydrogen (secondary N) is 1. The molecule has 0 radical (unpaired) electrons. The Balaban J connectivity index is 1.52. The van der Waals surface area contributed by atoms with E-state index in [1.54, 1.807) is 4.90 Å². The number of aryl methyl sites for hydroxylation is 1. The standard InChI is InChI=1S/C28H34N4O2/c1-20-12-8-9-13-21(20)18-32-26(33)25-30-23-16-10-11-17-24(23)31(25)19-28(32,2)27(34)29-22-14-6-4-3-5-7-15-22/h8-13,16-17,22H,3-7,14-15,18-19H2,1-2H3,(H,29,34)/t28-/m1/s1. The number of amides is 2. The predicted octanol–water partition coefficient (Wildman–Crippen LogP) is 4.99. The fourth-order valence-corrected chi connectivity index (χ4v) is 5.48. The summed E-state index contributed by atoms with van der Waals surface area (Å²) in [5.41, 5.74) is 2.82. The summed E-state index contributed by atoms with van der Waals surface area (Å²) in [4.78, 5) is 34.2. The molecule has 2 amide bonds. The molecule has 34 heavy (non-hydrogen) atoms. The normalized spacial score (nSPS) is 21.7. The highest BCUT2D eigenvalue weighted by Gasteiger charge is 2.48. The van der Waals surface area contributed by atoms with Crippen LogP contribution in [0.25, 0.3) is 11.0 Å². The van der Waals surface area contributed by atoms with Crippen LogP contribution in [0.2, 0.25) is 0 Å². The van der Waals surface area contributed by atoms with Gasteiger partial charge in [0.25, 0.3) is 5.91 Å². The number of benzene rings is 2. The minimum atomic E-state index is -1.02. The first-order chi connectivity index (χ1) is 16.5. The van der Waals surface area contributed by atoms with Gasteiger partial charge < -0.3 is 14.8 Å². The second kappa shape index (κ2) is 9.24. The summed E-state index contributed by atoms with van der Waals surface area (Å²) in [7, 11) is 0. The Morgan fingerprint density at radius 1 is 1.03 bits per heavy atom. The smallest absolute Gasteiger partial charge is 0.291 e. The number of para-hydroxylation sites is 2. The number of rotatable bonds is 4. The first-order valence-electron chi connectivity index (χ1n) is 12.6. The summed E-state index contributed by atoms with van der Waals surface area (Å²) in [5.74, 6) is 0.149. The molecule has 6 heteroatoms. The number of carbonyl (C=O) groups is 2. The van der Waals surface area contributed by atoms with Gasteiger partial charge in [-0.15, -0.1) is 0 Å². The average Bonchev–Trinajstić information content (AvgIpc) is 3.18. The van der Waals surface area contributed by atoms with Crippen molar-refractivity contribution >= 4 is 22.8 Å². The number of imidazole rings is 1. The molecule has 178 valence electrons. The fourth-order valence-electron chi connectivity index (χ4n) is 5.48. The van der Waals surface area contributed by atoms with Crippen molar-refractivity contribution in [1.29, 1.82) is 0 Å². The Kier molecular flexibility index (Phi) is 6.15. The van der Waals surface area contributed by atoms with Gasteiger partial charge in [-0.2, -0.15) is 0 Å². The van der Waals surface area contributed by atoms with Crippen LogP contribution in [0.1, 0.15) is 73.6 Å². The van der Waals surface area contributed by atoms with Gasteiger partial charge in [-0.1, -0.05) is 68.5 Å². The number of fused-ring (bicyclic) bond motifs is 3. The van der Waals surface area contributed by atoms with Crippen molar-refractivity contribution in [2.24, 2.45) is 0 Å². The maximum atomic E-state index is 13.9. The topological polar surface area (TPSA) is 67.2 Å². The van der Waals surface area contributed by atoms with E-state index in [1.165, 1.54) is 19.3 Å². The highest BCUT2D eigenvalue weighted by molar-refractivity contribution is 6.01. The van der Waals surface area contributed by atoms with E-state index in [1.807, 2.05) is 66.9 Å². The molecule has 1 aliphatic carbocycles. The minimum Gasteiger partial charge on any atom is -0.351 e. The Bertz CT molecular complexity index is 1210. The van der Waals surface area contributed by atoms with Crippen LogP contribution in [0.4, 0.5) is 0 Å². The van der Waals surface area contributed by atoms with Crippen LogP contribution in [0.3, 0.4) is 0 Å². The molecule has 2 aromatic carbocycles. The molecule has 0 spiro atoms. The van der Waals surface area contributed by atoms with Gasteiger partial charge in [-0.25, -0.2) is 4.98 Å². The van der Waals surface area contributed by atoms with E-state index >= 15 is 0 Å². The molecule has 0 bridgehead atoms. The summed E-state index contributed by atoms with van der Waals surface area (Å²) < 4.78 is 1.93. The van der Waals surface area contributed by atoms with E-state index in [2.05, 4.69) is 10.3 Å². The van der Waals surface area contributed by atoms with Gasteiger partial charge in [0.2, 0.25) is 5.91 Å². The monoisotopic (exact) mass is 458 g/mol. The van der Waals surface area contributed by atoms with Crippen LogP contribution in [-0.2, 0) is 17.9 Å². The highest BCUT2D eigenvalue weighted by atomic mass is 16.2. The van der Waals surface area contributed by atoms with Crippen molar-refractivity contribution in [2.45, 2.75) is 83.5 Å². The van der Waals surface area contributed by atoms with Crippen LogP contribution < -0.4 is 5.32 Å². The molecule has 1 N–H and O–H groups in total. The van der Waals surface area contributed by atoms with Gasteiger partial charge in [-0.3, -0.25) is 9.59 Å². The predicted molar refractivity (Wildman–Crippen MR) is 133 cm³/mol. The Morgan fingerprint density at radius 3 is 2.47 bits per heavy atom. The molecule has 1 atom stereocenters. The maximum absolute atomic E-state index is 13.9. The van der Waals surface area contributed by atoms with Gasteiger partial charge >= 0.3 is 0 Å². The zero-order valence-corrected chi connectivity index (χ0v) is 20.2. The minimum absolute atomic E-state index is 0.0663. The van der Waals surface area contributed by atoms with E-state index in [-0.39, 0.29) is 17.9 Å². The van der Waals surface area contributed by atoms with Gasteiger partial charge in [0.05, 0.1) is 17.6 Å². The molecule has 1 aliphatic heterocycles. The zero-order chi connectivity index (χ0) is 23.7. The molecule has 3 aromatic rings. The van der Waals surface area contributed by atoms with Crippen LogP contribution in [-0.4, -0.2) is 37.8 Å². The lowest BCUT2D eigenvalue weighted by Crippen LogP contribution is -2.64. The number of hydrogen-bond donors (Lipinski definition) is 1. The second-order valence-electron chi connectivity index (χ2n) is 10.1. The molecule has 0 saturated heterocycles. The van der Waals surface area contributed by atoms with Crippen molar-refractivity contribution < 1.29 is 9.59 Å². The van der Waals surface area contributed by atoms with E-state index < -0.39 is 5.54 Å². The number of carbonyl (C=O) groups excluding carboxylic acids is 2. The number of hydrogen-bond acceptors (Lipinski definition) is 3. The largest absolute Gasteiger partial charge is 0.351 e. The van der Waals surface area contributed by atoms with Crippen molar-refractivity contribution in [3.8, 4) is 0 Å². The first kappa shape index (κ1) is 22.6. The van der Waals surface area contributed by atoms with E-state index in [4.69, 9.17) is 0 Å².